The molecule has 0 aliphatic heterocycles. The Morgan fingerprint density at radius 1 is 1.32 bits per heavy atom. The summed E-state index contributed by atoms with van der Waals surface area (Å²) in [5.74, 6) is -0.131. The van der Waals surface area contributed by atoms with Crippen LogP contribution in [0, 0.1) is 13.8 Å². The first-order chi connectivity index (χ1) is 10.5. The largest absolute Gasteiger partial charge is 0.336 e. The van der Waals surface area contributed by atoms with Crippen molar-refractivity contribution >= 4 is 11.6 Å². The molecule has 7 heteroatoms. The first-order valence-corrected chi connectivity index (χ1v) is 7.02. The molecule has 3 aromatic heterocycles. The highest BCUT2D eigenvalue weighted by Crippen LogP contribution is 2.15. The Kier molecular flexibility index (Phi) is 3.40. The lowest BCUT2D eigenvalue weighted by atomic mass is 10.2. The Morgan fingerprint density at radius 2 is 2.09 bits per heavy atom. The van der Waals surface area contributed by atoms with Crippen LogP contribution in [0.15, 0.2) is 24.5 Å². The molecule has 0 spiro atoms. The van der Waals surface area contributed by atoms with Crippen molar-refractivity contribution < 1.29 is 4.79 Å². The van der Waals surface area contributed by atoms with Crippen molar-refractivity contribution in [2.45, 2.75) is 20.4 Å². The molecule has 22 heavy (non-hydrogen) atoms. The number of hydrogen-bond donors (Lipinski definition) is 0. The van der Waals surface area contributed by atoms with Gasteiger partial charge in [0.05, 0.1) is 5.69 Å². The normalized spacial score (nSPS) is 11.1. The van der Waals surface area contributed by atoms with Crippen LogP contribution in [-0.2, 0) is 13.6 Å². The number of aromatic nitrogens is 5. The van der Waals surface area contributed by atoms with Crippen LogP contribution < -0.4 is 0 Å². The van der Waals surface area contributed by atoms with E-state index in [2.05, 4.69) is 15.2 Å². The Labute approximate surface area is 128 Å². The number of fused-ring (bicyclic) bond motifs is 1. The smallest absolute Gasteiger partial charge is 0.274 e. The van der Waals surface area contributed by atoms with Crippen molar-refractivity contribution in [1.82, 2.24) is 29.3 Å². The summed E-state index contributed by atoms with van der Waals surface area (Å²) in [4.78, 5) is 18.4. The third kappa shape index (κ3) is 2.34. The first-order valence-electron chi connectivity index (χ1n) is 7.02. The van der Waals surface area contributed by atoms with Gasteiger partial charge >= 0.3 is 0 Å². The van der Waals surface area contributed by atoms with Crippen LogP contribution in [0.3, 0.4) is 0 Å². The summed E-state index contributed by atoms with van der Waals surface area (Å²) in [5, 5.41) is 8.65. The monoisotopic (exact) mass is 298 g/mol. The summed E-state index contributed by atoms with van der Waals surface area (Å²) >= 11 is 0. The van der Waals surface area contributed by atoms with E-state index >= 15 is 0 Å². The number of rotatable bonds is 3. The Hall–Kier alpha value is -2.70. The maximum atomic E-state index is 12.5. The number of nitrogens with zero attached hydrogens (tertiary/aromatic N) is 6. The SMILES string of the molecule is Cc1nn(C)c(C)c1CN(C)C(=O)c1cc2ncccn2n1. The Balaban J connectivity index is 1.85. The lowest BCUT2D eigenvalue weighted by Crippen LogP contribution is -2.27. The second-order valence-electron chi connectivity index (χ2n) is 5.39. The molecule has 3 heterocycles. The van der Waals surface area contributed by atoms with Gasteiger partial charge in [-0.25, -0.2) is 9.50 Å². The molecule has 0 fully saturated rings. The fourth-order valence-electron chi connectivity index (χ4n) is 2.49. The molecule has 0 aliphatic carbocycles. The molecule has 0 bridgehead atoms. The number of carbonyl (C=O) groups excluding carboxylic acids is 1. The Morgan fingerprint density at radius 3 is 2.73 bits per heavy atom. The van der Waals surface area contributed by atoms with E-state index in [9.17, 15) is 4.79 Å². The van der Waals surface area contributed by atoms with Crippen molar-refractivity contribution in [2.24, 2.45) is 7.05 Å². The van der Waals surface area contributed by atoms with Crippen molar-refractivity contribution in [3.05, 3.63) is 47.2 Å². The van der Waals surface area contributed by atoms with E-state index < -0.39 is 0 Å². The molecule has 0 aromatic carbocycles. The third-order valence-electron chi connectivity index (χ3n) is 3.86. The van der Waals surface area contributed by atoms with Gasteiger partial charge in [0.1, 0.15) is 0 Å². The molecule has 0 saturated heterocycles. The minimum Gasteiger partial charge on any atom is -0.336 e. The van der Waals surface area contributed by atoms with Gasteiger partial charge in [-0.05, 0) is 19.9 Å². The van der Waals surface area contributed by atoms with E-state index in [4.69, 9.17) is 0 Å². The van der Waals surface area contributed by atoms with E-state index in [0.717, 1.165) is 17.0 Å². The van der Waals surface area contributed by atoms with Crippen LogP contribution in [0.4, 0.5) is 0 Å². The van der Waals surface area contributed by atoms with Crippen molar-refractivity contribution in [3.63, 3.8) is 0 Å². The topological polar surface area (TPSA) is 68.3 Å². The molecular weight excluding hydrogens is 280 g/mol. The predicted octanol–water partition coefficient (Wildman–Crippen LogP) is 1.35. The molecule has 0 atom stereocenters. The van der Waals surface area contributed by atoms with Crippen molar-refractivity contribution in [1.29, 1.82) is 0 Å². The van der Waals surface area contributed by atoms with E-state index in [1.165, 1.54) is 0 Å². The molecule has 7 nitrogen and oxygen atoms in total. The van der Waals surface area contributed by atoms with Gasteiger partial charge in [-0.15, -0.1) is 0 Å². The lowest BCUT2D eigenvalue weighted by molar-refractivity contribution is 0.0778. The highest BCUT2D eigenvalue weighted by molar-refractivity contribution is 5.93. The van der Waals surface area contributed by atoms with Gasteiger partial charge in [0.25, 0.3) is 5.91 Å². The lowest BCUT2D eigenvalue weighted by Gasteiger charge is -2.16. The van der Waals surface area contributed by atoms with Crippen LogP contribution in [0.25, 0.3) is 5.65 Å². The van der Waals surface area contributed by atoms with Gasteiger partial charge in [0.2, 0.25) is 0 Å². The van der Waals surface area contributed by atoms with Gasteiger partial charge in [-0.2, -0.15) is 10.2 Å². The van der Waals surface area contributed by atoms with Gasteiger partial charge in [0, 0.05) is 50.4 Å². The predicted molar refractivity (Wildman–Crippen MR) is 81.5 cm³/mol. The highest BCUT2D eigenvalue weighted by atomic mass is 16.2. The molecule has 3 aromatic rings. The second kappa shape index (κ2) is 5.25. The quantitative estimate of drug-likeness (QED) is 0.732. The molecule has 114 valence electrons. The third-order valence-corrected chi connectivity index (χ3v) is 3.86. The molecule has 0 saturated carbocycles. The standard InChI is InChI=1S/C15H18N6O/c1-10-12(11(2)20(4)17-10)9-19(3)15(22)13-8-14-16-6-5-7-21(14)18-13/h5-8H,9H2,1-4H3. The van der Waals surface area contributed by atoms with Crippen LogP contribution in [0.5, 0.6) is 0 Å². The minimum atomic E-state index is -0.131. The van der Waals surface area contributed by atoms with Gasteiger partial charge in [-0.3, -0.25) is 9.48 Å². The second-order valence-corrected chi connectivity index (χ2v) is 5.39. The molecule has 1 amide bonds. The minimum absolute atomic E-state index is 0.131. The van der Waals surface area contributed by atoms with E-state index in [1.807, 2.05) is 25.6 Å². The van der Waals surface area contributed by atoms with E-state index in [-0.39, 0.29) is 5.91 Å². The van der Waals surface area contributed by atoms with Crippen molar-refractivity contribution in [2.75, 3.05) is 7.05 Å². The van der Waals surface area contributed by atoms with Crippen LogP contribution in [0.2, 0.25) is 0 Å². The van der Waals surface area contributed by atoms with Crippen molar-refractivity contribution in [3.8, 4) is 0 Å². The first kappa shape index (κ1) is 14.2. The van der Waals surface area contributed by atoms with Gasteiger partial charge < -0.3 is 4.90 Å². The zero-order valence-electron chi connectivity index (χ0n) is 13.1. The van der Waals surface area contributed by atoms with Gasteiger partial charge in [0.15, 0.2) is 11.3 Å². The molecule has 0 aliphatic rings. The summed E-state index contributed by atoms with van der Waals surface area (Å²) in [7, 11) is 3.67. The molecule has 0 N–H and O–H groups in total. The molecule has 0 unspecified atom stereocenters. The fraction of sp³-hybridized carbons (Fsp3) is 0.333. The highest BCUT2D eigenvalue weighted by Gasteiger charge is 2.19. The maximum Gasteiger partial charge on any atom is 0.274 e. The van der Waals surface area contributed by atoms with Crippen LogP contribution >= 0.6 is 0 Å². The van der Waals surface area contributed by atoms with Crippen LogP contribution in [0.1, 0.15) is 27.4 Å². The molecule has 0 radical (unpaired) electrons. The average molecular weight is 298 g/mol. The number of aryl methyl sites for hydroxylation is 2. The summed E-state index contributed by atoms with van der Waals surface area (Å²) in [6.45, 7) is 4.46. The molecule has 3 rings (SSSR count). The molecular formula is C15H18N6O. The summed E-state index contributed by atoms with van der Waals surface area (Å²) in [6, 6.07) is 3.47. The van der Waals surface area contributed by atoms with E-state index in [0.29, 0.717) is 17.9 Å². The number of amides is 1. The maximum absolute atomic E-state index is 12.5. The average Bonchev–Trinajstić information content (AvgIpc) is 3.03. The summed E-state index contributed by atoms with van der Waals surface area (Å²) in [5.41, 5.74) is 4.12. The summed E-state index contributed by atoms with van der Waals surface area (Å²) < 4.78 is 3.43. The zero-order chi connectivity index (χ0) is 15.9. The zero-order valence-corrected chi connectivity index (χ0v) is 13.1. The van der Waals surface area contributed by atoms with Crippen LogP contribution in [-0.4, -0.2) is 42.2 Å². The van der Waals surface area contributed by atoms with E-state index in [1.54, 1.807) is 41.0 Å². The fourth-order valence-corrected chi connectivity index (χ4v) is 2.49. The Bertz CT molecular complexity index is 814. The number of carbonyl (C=O) groups is 1. The summed E-state index contributed by atoms with van der Waals surface area (Å²) in [6.07, 6.45) is 3.45. The number of hydrogen-bond acceptors (Lipinski definition) is 4. The van der Waals surface area contributed by atoms with Gasteiger partial charge in [-0.1, -0.05) is 0 Å².